The molecule has 0 aromatic heterocycles. The van der Waals surface area contributed by atoms with E-state index < -0.39 is 12.1 Å². The third kappa shape index (κ3) is 3.78. The van der Waals surface area contributed by atoms with Crippen molar-refractivity contribution in [1.82, 2.24) is 0 Å². The molecule has 0 saturated heterocycles. The van der Waals surface area contributed by atoms with E-state index in [1.807, 2.05) is 19.1 Å². The predicted molar refractivity (Wildman–Crippen MR) is 71.6 cm³/mol. The molecule has 2 unspecified atom stereocenters. The van der Waals surface area contributed by atoms with E-state index >= 15 is 0 Å². The molecule has 1 nitrogen and oxygen atoms in total. The zero-order valence-corrected chi connectivity index (χ0v) is 11.5. The van der Waals surface area contributed by atoms with Gasteiger partial charge in [0.05, 0.1) is 16.6 Å². The molecular formula is C14H17ClF3N. The predicted octanol–water partition coefficient (Wildman–Crippen LogP) is 5.18. The molecule has 106 valence electrons. The Morgan fingerprint density at radius 2 is 2.00 bits per heavy atom. The van der Waals surface area contributed by atoms with Gasteiger partial charge in [-0.05, 0) is 43.9 Å². The van der Waals surface area contributed by atoms with Crippen molar-refractivity contribution in [3.63, 3.8) is 0 Å². The summed E-state index contributed by atoms with van der Waals surface area (Å²) in [5, 5.41) is 3.72. The van der Waals surface area contributed by atoms with Crippen molar-refractivity contribution >= 4 is 17.3 Å². The maximum atomic E-state index is 12.7. The van der Waals surface area contributed by atoms with Gasteiger partial charge in [-0.25, -0.2) is 0 Å². The second-order valence-corrected chi connectivity index (χ2v) is 5.64. The first-order valence-electron chi connectivity index (χ1n) is 6.45. The number of aryl methyl sites for hydroxylation is 1. The molecule has 5 heteroatoms. The lowest BCUT2D eigenvalue weighted by Gasteiger charge is -2.31. The first kappa shape index (κ1) is 14.5. The van der Waals surface area contributed by atoms with Gasteiger partial charge in [0.25, 0.3) is 0 Å². The summed E-state index contributed by atoms with van der Waals surface area (Å²) in [5.74, 6) is -1.19. The van der Waals surface area contributed by atoms with Gasteiger partial charge in [0, 0.05) is 6.04 Å². The Morgan fingerprint density at radius 1 is 1.26 bits per heavy atom. The average molecular weight is 292 g/mol. The van der Waals surface area contributed by atoms with Crippen LogP contribution in [0.1, 0.15) is 31.2 Å². The Bertz CT molecular complexity index is 445. The van der Waals surface area contributed by atoms with Crippen LogP contribution in [-0.2, 0) is 0 Å². The first-order chi connectivity index (χ1) is 8.86. The second kappa shape index (κ2) is 5.61. The van der Waals surface area contributed by atoms with Crippen molar-refractivity contribution < 1.29 is 13.2 Å². The molecule has 1 aliphatic carbocycles. The van der Waals surface area contributed by atoms with E-state index in [9.17, 15) is 13.2 Å². The third-order valence-corrected chi connectivity index (χ3v) is 3.95. The third-order valence-electron chi connectivity index (χ3n) is 3.62. The van der Waals surface area contributed by atoms with Gasteiger partial charge in [-0.2, -0.15) is 13.2 Å². The molecule has 1 aromatic carbocycles. The van der Waals surface area contributed by atoms with Crippen molar-refractivity contribution in [2.24, 2.45) is 5.92 Å². The van der Waals surface area contributed by atoms with Crippen LogP contribution in [0.5, 0.6) is 0 Å². The Labute approximate surface area is 116 Å². The van der Waals surface area contributed by atoms with Crippen LogP contribution >= 0.6 is 11.6 Å². The fourth-order valence-corrected chi connectivity index (χ4v) is 2.76. The van der Waals surface area contributed by atoms with E-state index in [1.54, 1.807) is 6.07 Å². The van der Waals surface area contributed by atoms with Gasteiger partial charge in [0.15, 0.2) is 0 Å². The molecule has 0 amide bonds. The molecule has 1 N–H and O–H groups in total. The molecule has 0 radical (unpaired) electrons. The summed E-state index contributed by atoms with van der Waals surface area (Å²) in [7, 11) is 0. The minimum atomic E-state index is -4.09. The first-order valence-corrected chi connectivity index (χ1v) is 6.83. The molecule has 1 saturated carbocycles. The second-order valence-electron chi connectivity index (χ2n) is 5.23. The van der Waals surface area contributed by atoms with E-state index in [-0.39, 0.29) is 18.9 Å². The Morgan fingerprint density at radius 3 is 2.68 bits per heavy atom. The molecule has 0 spiro atoms. The average Bonchev–Trinajstić information content (AvgIpc) is 2.33. The normalized spacial score (nSPS) is 24.3. The zero-order chi connectivity index (χ0) is 14.0. The molecule has 2 rings (SSSR count). The smallest absolute Gasteiger partial charge is 0.381 e. The number of halogens is 4. The lowest BCUT2D eigenvalue weighted by atomic mass is 9.85. The van der Waals surface area contributed by atoms with Crippen LogP contribution in [-0.4, -0.2) is 12.2 Å². The monoisotopic (exact) mass is 291 g/mol. The van der Waals surface area contributed by atoms with Crippen LogP contribution < -0.4 is 5.32 Å². The SMILES string of the molecule is Cc1ccc(Cl)c(NC2CCCC(C(F)(F)F)C2)c1. The fourth-order valence-electron chi connectivity index (χ4n) is 2.59. The van der Waals surface area contributed by atoms with Gasteiger partial charge in [-0.3, -0.25) is 0 Å². The number of hydrogen-bond donors (Lipinski definition) is 1. The van der Waals surface area contributed by atoms with Crippen molar-refractivity contribution in [1.29, 1.82) is 0 Å². The summed E-state index contributed by atoms with van der Waals surface area (Å²) in [5.41, 5.74) is 1.77. The minimum absolute atomic E-state index is 0.133. The maximum Gasteiger partial charge on any atom is 0.391 e. The quantitative estimate of drug-likeness (QED) is 0.791. The van der Waals surface area contributed by atoms with Crippen LogP contribution in [0.15, 0.2) is 18.2 Å². The standard InChI is InChI=1S/C14H17ClF3N/c1-9-5-6-12(15)13(7-9)19-11-4-2-3-10(8-11)14(16,17)18/h5-7,10-11,19H,2-4,8H2,1H3. The summed E-state index contributed by atoms with van der Waals surface area (Å²) >= 11 is 6.06. The van der Waals surface area contributed by atoms with Gasteiger partial charge in [0.2, 0.25) is 0 Å². The molecule has 2 atom stereocenters. The van der Waals surface area contributed by atoms with E-state index in [0.29, 0.717) is 11.4 Å². The molecule has 0 heterocycles. The van der Waals surface area contributed by atoms with Gasteiger partial charge in [0.1, 0.15) is 0 Å². The fraction of sp³-hybridized carbons (Fsp3) is 0.571. The van der Waals surface area contributed by atoms with E-state index in [4.69, 9.17) is 11.6 Å². The highest BCUT2D eigenvalue weighted by atomic mass is 35.5. The zero-order valence-electron chi connectivity index (χ0n) is 10.7. The van der Waals surface area contributed by atoms with E-state index in [1.165, 1.54) is 0 Å². The lowest BCUT2D eigenvalue weighted by molar-refractivity contribution is -0.182. The number of anilines is 1. The molecule has 0 bridgehead atoms. The van der Waals surface area contributed by atoms with Gasteiger partial charge < -0.3 is 5.32 Å². The molecule has 1 fully saturated rings. The molecule has 0 aliphatic heterocycles. The Kier molecular flexibility index (Phi) is 4.29. The van der Waals surface area contributed by atoms with E-state index in [0.717, 1.165) is 17.7 Å². The minimum Gasteiger partial charge on any atom is -0.381 e. The van der Waals surface area contributed by atoms with Crippen LogP contribution in [0.4, 0.5) is 18.9 Å². The topological polar surface area (TPSA) is 12.0 Å². The molecule has 1 aliphatic rings. The number of benzene rings is 1. The highest BCUT2D eigenvalue weighted by Gasteiger charge is 2.42. The molecule has 1 aromatic rings. The summed E-state index contributed by atoms with van der Waals surface area (Å²) in [6.45, 7) is 1.93. The van der Waals surface area contributed by atoms with E-state index in [2.05, 4.69) is 5.32 Å². The van der Waals surface area contributed by atoms with Crippen LogP contribution in [0.25, 0.3) is 0 Å². The van der Waals surface area contributed by atoms with Crippen molar-refractivity contribution in [2.45, 2.75) is 44.8 Å². The summed E-state index contributed by atoms with van der Waals surface area (Å²) in [6, 6.07) is 5.37. The van der Waals surface area contributed by atoms with Gasteiger partial charge in [-0.1, -0.05) is 24.1 Å². The summed E-state index contributed by atoms with van der Waals surface area (Å²) in [6.07, 6.45) is -2.35. The molecular weight excluding hydrogens is 275 g/mol. The number of alkyl halides is 3. The van der Waals surface area contributed by atoms with Crippen molar-refractivity contribution in [2.75, 3.05) is 5.32 Å². The molecule has 19 heavy (non-hydrogen) atoms. The van der Waals surface area contributed by atoms with Gasteiger partial charge in [-0.15, -0.1) is 0 Å². The van der Waals surface area contributed by atoms with Crippen LogP contribution in [0.2, 0.25) is 5.02 Å². The number of hydrogen-bond acceptors (Lipinski definition) is 1. The summed E-state index contributed by atoms with van der Waals surface area (Å²) < 4.78 is 38.2. The number of nitrogens with one attached hydrogen (secondary N) is 1. The largest absolute Gasteiger partial charge is 0.391 e. The van der Waals surface area contributed by atoms with Crippen LogP contribution in [0.3, 0.4) is 0 Å². The Hall–Kier alpha value is -0.900. The van der Waals surface area contributed by atoms with Crippen LogP contribution in [0, 0.1) is 12.8 Å². The van der Waals surface area contributed by atoms with Crippen molar-refractivity contribution in [3.8, 4) is 0 Å². The maximum absolute atomic E-state index is 12.7. The van der Waals surface area contributed by atoms with Gasteiger partial charge >= 0.3 is 6.18 Å². The Balaban J connectivity index is 2.05. The lowest BCUT2D eigenvalue weighted by Crippen LogP contribution is -2.34. The highest BCUT2D eigenvalue weighted by Crippen LogP contribution is 2.38. The number of rotatable bonds is 2. The highest BCUT2D eigenvalue weighted by molar-refractivity contribution is 6.33. The van der Waals surface area contributed by atoms with Crippen molar-refractivity contribution in [3.05, 3.63) is 28.8 Å². The summed E-state index contributed by atoms with van der Waals surface area (Å²) in [4.78, 5) is 0.